The molecule has 0 radical (unpaired) electrons. The topological polar surface area (TPSA) is 70.8 Å². The number of hydrogen-bond donors (Lipinski definition) is 2. The predicted octanol–water partition coefficient (Wildman–Crippen LogP) is -0.448. The van der Waals surface area contributed by atoms with E-state index in [0.717, 1.165) is 58.7 Å². The zero-order chi connectivity index (χ0) is 13.7. The van der Waals surface area contributed by atoms with E-state index < -0.39 is 0 Å². The molecule has 0 spiro atoms. The number of nitrogens with one attached hydrogen (secondary N) is 1. The normalized spacial score (nSPS) is 27.4. The van der Waals surface area contributed by atoms with Gasteiger partial charge in [-0.2, -0.15) is 0 Å². The number of rotatable bonds is 5. The minimum Gasteiger partial charge on any atom is -0.379 e. The number of amides is 1. The first-order valence-electron chi connectivity index (χ1n) is 7.32. The summed E-state index contributed by atoms with van der Waals surface area (Å²) in [5.74, 6) is 5.24. The molecule has 110 valence electrons. The van der Waals surface area contributed by atoms with Gasteiger partial charge in [-0.3, -0.25) is 20.0 Å². The largest absolute Gasteiger partial charge is 0.379 e. The van der Waals surface area contributed by atoms with Crippen LogP contribution in [-0.4, -0.2) is 67.2 Å². The minimum absolute atomic E-state index is 0.0514. The van der Waals surface area contributed by atoms with Crippen molar-refractivity contribution in [1.82, 2.24) is 15.2 Å². The molecule has 0 bridgehead atoms. The summed E-state index contributed by atoms with van der Waals surface area (Å²) in [6.45, 7) is 7.75. The summed E-state index contributed by atoms with van der Waals surface area (Å²) in [6.07, 6.45) is 3.01. The van der Waals surface area contributed by atoms with E-state index in [1.54, 1.807) is 0 Å². The van der Waals surface area contributed by atoms with Crippen molar-refractivity contribution >= 4 is 5.91 Å². The van der Waals surface area contributed by atoms with Gasteiger partial charge in [0.05, 0.1) is 19.3 Å². The molecule has 2 rings (SSSR count). The highest BCUT2D eigenvalue weighted by atomic mass is 16.5. The van der Waals surface area contributed by atoms with Gasteiger partial charge in [-0.15, -0.1) is 0 Å². The number of nitrogens with zero attached hydrogens (tertiary/aromatic N) is 2. The third-order valence-electron chi connectivity index (χ3n) is 4.20. The average molecular weight is 270 g/mol. The maximum atomic E-state index is 11.9. The Hall–Kier alpha value is -0.690. The van der Waals surface area contributed by atoms with Crippen molar-refractivity contribution in [3.05, 3.63) is 0 Å². The summed E-state index contributed by atoms with van der Waals surface area (Å²) >= 11 is 0. The number of ether oxygens (including phenoxy) is 1. The van der Waals surface area contributed by atoms with Crippen LogP contribution in [0.5, 0.6) is 0 Å². The molecule has 6 heteroatoms. The molecule has 6 nitrogen and oxygen atoms in total. The molecule has 2 fully saturated rings. The van der Waals surface area contributed by atoms with Crippen LogP contribution in [0, 0.1) is 0 Å². The quantitative estimate of drug-likeness (QED) is 0.402. The summed E-state index contributed by atoms with van der Waals surface area (Å²) in [4.78, 5) is 16.6. The molecule has 2 unspecified atom stereocenters. The summed E-state index contributed by atoms with van der Waals surface area (Å²) in [5.41, 5.74) is 2.31. The van der Waals surface area contributed by atoms with Gasteiger partial charge in [0.25, 0.3) is 5.91 Å². The van der Waals surface area contributed by atoms with Crippen LogP contribution in [0.4, 0.5) is 0 Å². The highest BCUT2D eigenvalue weighted by molar-refractivity contribution is 5.81. The van der Waals surface area contributed by atoms with Gasteiger partial charge in [-0.1, -0.05) is 13.3 Å². The van der Waals surface area contributed by atoms with Gasteiger partial charge < -0.3 is 4.74 Å². The fourth-order valence-corrected chi connectivity index (χ4v) is 3.14. The van der Waals surface area contributed by atoms with Crippen molar-refractivity contribution in [2.24, 2.45) is 5.84 Å². The molecule has 2 aliphatic rings. The van der Waals surface area contributed by atoms with E-state index in [1.165, 1.54) is 0 Å². The lowest BCUT2D eigenvalue weighted by Gasteiger charge is -2.33. The Morgan fingerprint density at radius 3 is 2.79 bits per heavy atom. The molecule has 3 N–H and O–H groups in total. The Morgan fingerprint density at radius 1 is 1.42 bits per heavy atom. The molecule has 2 heterocycles. The van der Waals surface area contributed by atoms with Crippen LogP contribution in [0.15, 0.2) is 0 Å². The van der Waals surface area contributed by atoms with Crippen molar-refractivity contribution in [2.75, 3.05) is 39.4 Å². The number of carbonyl (C=O) groups excluding carboxylic acids is 1. The summed E-state index contributed by atoms with van der Waals surface area (Å²) < 4.78 is 5.39. The van der Waals surface area contributed by atoms with Crippen LogP contribution >= 0.6 is 0 Å². The Balaban J connectivity index is 1.89. The van der Waals surface area contributed by atoms with E-state index >= 15 is 0 Å². The molecule has 2 saturated heterocycles. The number of carbonyl (C=O) groups is 1. The van der Waals surface area contributed by atoms with Crippen LogP contribution in [0.1, 0.15) is 26.2 Å². The number of hydrogen-bond acceptors (Lipinski definition) is 5. The lowest BCUT2D eigenvalue weighted by Crippen LogP contribution is -2.50. The standard InChI is InChI=1S/C13H26N4O2/c1-2-3-12(13(18)15-14)17-5-4-11(10-17)16-6-8-19-9-7-16/h11-12H,2-10,14H2,1H3,(H,15,18). The van der Waals surface area contributed by atoms with Crippen molar-refractivity contribution in [3.63, 3.8) is 0 Å². The highest BCUT2D eigenvalue weighted by Gasteiger charge is 2.34. The van der Waals surface area contributed by atoms with E-state index in [1.807, 2.05) is 0 Å². The van der Waals surface area contributed by atoms with Gasteiger partial charge >= 0.3 is 0 Å². The number of hydrazine groups is 1. The SMILES string of the molecule is CCCC(C(=O)NN)N1CCC(N2CCOCC2)C1. The first-order valence-corrected chi connectivity index (χ1v) is 7.32. The van der Waals surface area contributed by atoms with Crippen LogP contribution in [0.25, 0.3) is 0 Å². The monoisotopic (exact) mass is 270 g/mol. The van der Waals surface area contributed by atoms with Crippen LogP contribution in [0.3, 0.4) is 0 Å². The molecule has 0 aliphatic carbocycles. The van der Waals surface area contributed by atoms with E-state index in [9.17, 15) is 4.79 Å². The van der Waals surface area contributed by atoms with Crippen LogP contribution < -0.4 is 11.3 Å². The van der Waals surface area contributed by atoms with Gasteiger partial charge in [0, 0.05) is 32.2 Å². The summed E-state index contributed by atoms with van der Waals surface area (Å²) in [5, 5.41) is 0. The van der Waals surface area contributed by atoms with E-state index in [-0.39, 0.29) is 11.9 Å². The average Bonchev–Trinajstić information content (AvgIpc) is 2.94. The van der Waals surface area contributed by atoms with E-state index in [4.69, 9.17) is 10.6 Å². The maximum Gasteiger partial charge on any atom is 0.251 e. The van der Waals surface area contributed by atoms with Crippen LogP contribution in [-0.2, 0) is 9.53 Å². The Labute approximate surface area is 115 Å². The van der Waals surface area contributed by atoms with E-state index in [0.29, 0.717) is 6.04 Å². The fraction of sp³-hybridized carbons (Fsp3) is 0.923. The second kappa shape index (κ2) is 7.19. The maximum absolute atomic E-state index is 11.9. The Bertz CT molecular complexity index is 294. The second-order valence-electron chi connectivity index (χ2n) is 5.40. The molecular weight excluding hydrogens is 244 g/mol. The van der Waals surface area contributed by atoms with Gasteiger partial charge in [0.15, 0.2) is 0 Å². The first-order chi connectivity index (χ1) is 9.26. The number of likely N-dealkylation sites (tertiary alicyclic amines) is 1. The molecule has 2 atom stereocenters. The zero-order valence-electron chi connectivity index (χ0n) is 11.8. The molecule has 0 saturated carbocycles. The smallest absolute Gasteiger partial charge is 0.251 e. The predicted molar refractivity (Wildman–Crippen MR) is 73.4 cm³/mol. The third kappa shape index (κ3) is 3.66. The van der Waals surface area contributed by atoms with Crippen molar-refractivity contribution < 1.29 is 9.53 Å². The first kappa shape index (κ1) is 14.7. The van der Waals surface area contributed by atoms with Crippen LogP contribution in [0.2, 0.25) is 0 Å². The van der Waals surface area contributed by atoms with E-state index in [2.05, 4.69) is 22.1 Å². The van der Waals surface area contributed by atoms with Gasteiger partial charge in [0.1, 0.15) is 0 Å². The summed E-state index contributed by atoms with van der Waals surface area (Å²) in [6, 6.07) is 0.495. The Morgan fingerprint density at radius 2 is 2.16 bits per heavy atom. The summed E-state index contributed by atoms with van der Waals surface area (Å²) in [7, 11) is 0. The zero-order valence-corrected chi connectivity index (χ0v) is 11.8. The molecular formula is C13H26N4O2. The van der Waals surface area contributed by atoms with Gasteiger partial charge in [-0.05, 0) is 12.8 Å². The Kier molecular flexibility index (Phi) is 5.57. The van der Waals surface area contributed by atoms with Gasteiger partial charge in [-0.25, -0.2) is 5.84 Å². The number of nitrogens with two attached hydrogens (primary N) is 1. The third-order valence-corrected chi connectivity index (χ3v) is 4.20. The highest BCUT2D eigenvalue weighted by Crippen LogP contribution is 2.21. The molecule has 0 aromatic heterocycles. The van der Waals surface area contributed by atoms with Crippen molar-refractivity contribution in [3.8, 4) is 0 Å². The molecule has 0 aromatic rings. The lowest BCUT2D eigenvalue weighted by atomic mass is 10.1. The van der Waals surface area contributed by atoms with Crippen molar-refractivity contribution in [1.29, 1.82) is 0 Å². The molecule has 1 amide bonds. The lowest BCUT2D eigenvalue weighted by molar-refractivity contribution is -0.126. The fourth-order valence-electron chi connectivity index (χ4n) is 3.14. The number of morpholine rings is 1. The second-order valence-corrected chi connectivity index (χ2v) is 5.40. The molecule has 19 heavy (non-hydrogen) atoms. The minimum atomic E-state index is -0.0685. The van der Waals surface area contributed by atoms with Crippen molar-refractivity contribution in [2.45, 2.75) is 38.3 Å². The molecule has 0 aromatic carbocycles. The molecule has 2 aliphatic heterocycles. The van der Waals surface area contributed by atoms with Gasteiger partial charge in [0.2, 0.25) is 0 Å².